The first-order chi connectivity index (χ1) is 11.5. The van der Waals surface area contributed by atoms with E-state index in [0.29, 0.717) is 11.6 Å². The average Bonchev–Trinajstić information content (AvgIpc) is 3.23. The van der Waals surface area contributed by atoms with Gasteiger partial charge in [-0.1, -0.05) is 25.4 Å². The predicted molar refractivity (Wildman–Crippen MR) is 85.2 cm³/mol. The van der Waals surface area contributed by atoms with Gasteiger partial charge < -0.3 is 9.57 Å². The van der Waals surface area contributed by atoms with Crippen LogP contribution >= 0.6 is 0 Å². The fourth-order valence-corrected chi connectivity index (χ4v) is 6.20. The molecule has 24 heavy (non-hydrogen) atoms. The molecule has 5 aliphatic rings. The van der Waals surface area contributed by atoms with Crippen LogP contribution in [-0.2, 0) is 14.4 Å². The molecule has 2 bridgehead atoms. The van der Waals surface area contributed by atoms with Crippen LogP contribution in [-0.4, -0.2) is 40.4 Å². The maximum Gasteiger partial charge on any atom is 0.417 e. The van der Waals surface area contributed by atoms with Crippen molar-refractivity contribution in [3.05, 3.63) is 0 Å². The molecule has 0 aromatic rings. The highest BCUT2D eigenvalue weighted by Gasteiger charge is 2.74. The molecular formula is C18H24N2O4. The monoisotopic (exact) mass is 332 g/mol. The van der Waals surface area contributed by atoms with Gasteiger partial charge in [-0.25, -0.2) is 9.69 Å². The molecule has 6 heteroatoms. The minimum absolute atomic E-state index is 0.0116. The zero-order valence-electron chi connectivity index (χ0n) is 14.3. The highest BCUT2D eigenvalue weighted by Crippen LogP contribution is 2.66. The Morgan fingerprint density at radius 2 is 2.04 bits per heavy atom. The standard InChI is InChI=1S/C18H24N2O4/c1-17(2)10-7-8-18(17)13(9-10)23-16(22)20(18)15(21)14-11-5-3-4-6-12(11)24-19-14/h10-13H,3-9H2,1-2H3/t10-,11+,12-,13-,18+/m1/s1. The van der Waals surface area contributed by atoms with E-state index in [1.807, 2.05) is 0 Å². The Morgan fingerprint density at radius 3 is 2.83 bits per heavy atom. The molecule has 6 nitrogen and oxygen atoms in total. The van der Waals surface area contributed by atoms with E-state index in [1.165, 1.54) is 4.90 Å². The third-order valence-corrected chi connectivity index (χ3v) is 7.63. The second-order valence-electron chi connectivity index (χ2n) is 8.64. The lowest BCUT2D eigenvalue weighted by atomic mass is 9.74. The Morgan fingerprint density at radius 1 is 1.25 bits per heavy atom. The van der Waals surface area contributed by atoms with Gasteiger partial charge in [0.1, 0.15) is 12.2 Å². The molecule has 0 aromatic heterocycles. The molecule has 2 amide bonds. The van der Waals surface area contributed by atoms with Crippen molar-refractivity contribution in [3.63, 3.8) is 0 Å². The summed E-state index contributed by atoms with van der Waals surface area (Å²) in [5.74, 6) is 0.277. The first-order valence-corrected chi connectivity index (χ1v) is 9.25. The number of rotatable bonds is 1. The predicted octanol–water partition coefficient (Wildman–Crippen LogP) is 2.86. The average molecular weight is 332 g/mol. The Balaban J connectivity index is 1.52. The van der Waals surface area contributed by atoms with Gasteiger partial charge in [0.05, 0.1) is 5.54 Å². The molecule has 5 rings (SSSR count). The summed E-state index contributed by atoms with van der Waals surface area (Å²) in [6.45, 7) is 4.37. The summed E-state index contributed by atoms with van der Waals surface area (Å²) in [6, 6.07) is 0. The summed E-state index contributed by atoms with van der Waals surface area (Å²) in [7, 11) is 0. The van der Waals surface area contributed by atoms with Crippen LogP contribution < -0.4 is 0 Å². The van der Waals surface area contributed by atoms with E-state index in [4.69, 9.17) is 9.57 Å². The maximum absolute atomic E-state index is 13.3. The lowest BCUT2D eigenvalue weighted by molar-refractivity contribution is -0.127. The van der Waals surface area contributed by atoms with Crippen LogP contribution in [0.1, 0.15) is 58.8 Å². The summed E-state index contributed by atoms with van der Waals surface area (Å²) in [6.07, 6.45) is 6.20. The number of ether oxygens (including phenoxy) is 1. The smallest absolute Gasteiger partial charge is 0.417 e. The SMILES string of the molecule is CC1(C)[C@@H]2CC[C@]13[C@@H](C2)OC(=O)N3C(=O)C1=NO[C@@H]2CCCC[C@H]12. The largest absolute Gasteiger partial charge is 0.443 e. The van der Waals surface area contributed by atoms with Crippen LogP contribution in [0.3, 0.4) is 0 Å². The van der Waals surface area contributed by atoms with Crippen LogP contribution in [0.5, 0.6) is 0 Å². The quantitative estimate of drug-likeness (QED) is 0.740. The number of fused-ring (bicyclic) bond motifs is 2. The van der Waals surface area contributed by atoms with Crippen LogP contribution in [0.2, 0.25) is 0 Å². The van der Waals surface area contributed by atoms with Gasteiger partial charge in [-0.2, -0.15) is 0 Å². The van der Waals surface area contributed by atoms with Crippen molar-refractivity contribution in [2.24, 2.45) is 22.4 Å². The number of hydrogen-bond acceptors (Lipinski definition) is 5. The van der Waals surface area contributed by atoms with Crippen molar-refractivity contribution < 1.29 is 19.2 Å². The molecule has 3 saturated carbocycles. The number of hydrogen-bond donors (Lipinski definition) is 0. The second kappa shape index (κ2) is 4.52. The molecule has 2 heterocycles. The summed E-state index contributed by atoms with van der Waals surface area (Å²) < 4.78 is 5.65. The van der Waals surface area contributed by atoms with Gasteiger partial charge in [0.2, 0.25) is 0 Å². The van der Waals surface area contributed by atoms with Gasteiger partial charge in [0, 0.05) is 5.92 Å². The number of nitrogens with zero attached hydrogens (tertiary/aromatic N) is 2. The molecule has 5 atom stereocenters. The Kier molecular flexibility index (Phi) is 2.78. The second-order valence-corrected chi connectivity index (χ2v) is 8.64. The fraction of sp³-hybridized carbons (Fsp3) is 0.833. The number of carbonyl (C=O) groups excluding carboxylic acids is 2. The van der Waals surface area contributed by atoms with Crippen molar-refractivity contribution in [2.45, 2.75) is 76.5 Å². The first kappa shape index (κ1) is 14.7. The molecular weight excluding hydrogens is 308 g/mol. The number of oxime groups is 1. The van der Waals surface area contributed by atoms with Crippen LogP contribution in [0, 0.1) is 17.3 Å². The van der Waals surface area contributed by atoms with Crippen molar-refractivity contribution in [1.82, 2.24) is 4.90 Å². The van der Waals surface area contributed by atoms with Crippen molar-refractivity contribution >= 4 is 17.7 Å². The molecule has 0 N–H and O–H groups in total. The Bertz CT molecular complexity index is 657. The molecule has 1 spiro atoms. The third-order valence-electron chi connectivity index (χ3n) is 7.63. The zero-order valence-corrected chi connectivity index (χ0v) is 14.3. The Labute approximate surface area is 141 Å². The molecule has 0 radical (unpaired) electrons. The van der Waals surface area contributed by atoms with Crippen LogP contribution in [0.25, 0.3) is 0 Å². The number of amides is 2. The van der Waals surface area contributed by atoms with Gasteiger partial charge in [0.15, 0.2) is 5.71 Å². The molecule has 0 aromatic carbocycles. The fourth-order valence-electron chi connectivity index (χ4n) is 6.20. The van der Waals surface area contributed by atoms with Crippen LogP contribution in [0.15, 0.2) is 5.16 Å². The van der Waals surface area contributed by atoms with Gasteiger partial charge in [-0.15, -0.1) is 0 Å². The molecule has 4 fully saturated rings. The van der Waals surface area contributed by atoms with Crippen LogP contribution in [0.4, 0.5) is 4.79 Å². The maximum atomic E-state index is 13.3. The van der Waals surface area contributed by atoms with Crippen molar-refractivity contribution in [1.29, 1.82) is 0 Å². The zero-order chi connectivity index (χ0) is 16.7. The molecule has 0 unspecified atom stereocenters. The topological polar surface area (TPSA) is 68.2 Å². The van der Waals surface area contributed by atoms with Gasteiger partial charge in [-0.3, -0.25) is 4.79 Å². The van der Waals surface area contributed by atoms with E-state index in [1.54, 1.807) is 0 Å². The Hall–Kier alpha value is -1.59. The van der Waals surface area contributed by atoms with E-state index < -0.39 is 11.6 Å². The highest BCUT2D eigenvalue weighted by molar-refractivity contribution is 6.42. The van der Waals surface area contributed by atoms with Gasteiger partial charge in [-0.05, 0) is 49.9 Å². The third kappa shape index (κ3) is 1.51. The molecule has 130 valence electrons. The minimum atomic E-state index is -0.499. The summed E-state index contributed by atoms with van der Waals surface area (Å²) in [4.78, 5) is 32.9. The summed E-state index contributed by atoms with van der Waals surface area (Å²) >= 11 is 0. The van der Waals surface area contributed by atoms with Gasteiger partial charge >= 0.3 is 6.09 Å². The highest BCUT2D eigenvalue weighted by atomic mass is 16.6. The van der Waals surface area contributed by atoms with E-state index >= 15 is 0 Å². The van der Waals surface area contributed by atoms with Crippen molar-refractivity contribution in [3.8, 4) is 0 Å². The van der Waals surface area contributed by atoms with Crippen molar-refractivity contribution in [2.75, 3.05) is 0 Å². The summed E-state index contributed by atoms with van der Waals surface area (Å²) in [5, 5.41) is 4.12. The number of imide groups is 1. The molecule has 3 aliphatic carbocycles. The number of carbonyl (C=O) groups is 2. The lowest BCUT2D eigenvalue weighted by Gasteiger charge is -2.41. The summed E-state index contributed by atoms with van der Waals surface area (Å²) in [5.41, 5.74) is -0.162. The molecule has 1 saturated heterocycles. The normalized spacial score (nSPS) is 44.7. The van der Waals surface area contributed by atoms with E-state index in [9.17, 15) is 9.59 Å². The van der Waals surface area contributed by atoms with Gasteiger partial charge in [0.25, 0.3) is 5.91 Å². The minimum Gasteiger partial charge on any atom is -0.443 e. The van der Waals surface area contributed by atoms with E-state index in [2.05, 4.69) is 19.0 Å². The molecule has 2 aliphatic heterocycles. The van der Waals surface area contributed by atoms with E-state index in [0.717, 1.165) is 44.9 Å². The lowest BCUT2D eigenvalue weighted by Crippen LogP contribution is -2.59. The first-order valence-electron chi connectivity index (χ1n) is 9.25. The van der Waals surface area contributed by atoms with E-state index in [-0.39, 0.29) is 29.4 Å².